The molecule has 0 saturated heterocycles. The van der Waals surface area contributed by atoms with Crippen LogP contribution in [0.3, 0.4) is 0 Å². The minimum atomic E-state index is -4.30. The highest BCUT2D eigenvalue weighted by Gasteiger charge is 2.26. The molecule has 2 atom stereocenters. The highest BCUT2D eigenvalue weighted by atomic mass is 32.2. The molecule has 0 bridgehead atoms. The van der Waals surface area contributed by atoms with Gasteiger partial charge in [-0.05, 0) is 12.8 Å². The molecule has 3 N–H and O–H groups in total. The van der Waals surface area contributed by atoms with E-state index in [0.29, 0.717) is 12.8 Å². The largest absolute Gasteiger partial charge is 0.391 e. The zero-order valence-corrected chi connectivity index (χ0v) is 31.5. The molecule has 0 aromatic rings. The number of amides is 1. The third kappa shape index (κ3) is 34.7. The van der Waals surface area contributed by atoms with Crippen molar-refractivity contribution in [3.8, 4) is 0 Å². The Morgan fingerprint density at radius 2 is 0.783 bits per heavy atom. The molecule has 0 rings (SSSR count). The maximum absolute atomic E-state index is 12.5. The maximum Gasteiger partial charge on any atom is 0.266 e. The average Bonchev–Trinajstić information content (AvgIpc) is 3.01. The van der Waals surface area contributed by atoms with Crippen LogP contribution in [0.5, 0.6) is 0 Å². The Bertz CT molecular complexity index is 745. The number of hydrogen-bond acceptors (Lipinski definition) is 4. The summed E-state index contributed by atoms with van der Waals surface area (Å²) >= 11 is 0. The highest BCUT2D eigenvalue weighted by Crippen LogP contribution is 2.16. The van der Waals surface area contributed by atoms with E-state index in [0.717, 1.165) is 38.5 Å². The molecule has 0 aliphatic heterocycles. The van der Waals surface area contributed by atoms with Gasteiger partial charge in [-0.3, -0.25) is 9.35 Å². The van der Waals surface area contributed by atoms with E-state index >= 15 is 0 Å². The lowest BCUT2D eigenvalue weighted by Crippen LogP contribution is -2.47. The normalized spacial score (nSPS) is 13.2. The predicted octanol–water partition coefficient (Wildman–Crippen LogP) is 11.6. The predicted molar refractivity (Wildman–Crippen MR) is 198 cm³/mol. The SMILES string of the molecule is CCCCCCCCCCCCCCCCCCCC(=O)NC(CS(=O)(=O)O)C(O)CCCCCCCCCCCCCCCC. The Labute approximate surface area is 287 Å². The first-order chi connectivity index (χ1) is 22.3. The summed E-state index contributed by atoms with van der Waals surface area (Å²) in [5, 5.41) is 13.3. The first kappa shape index (κ1) is 45.3. The molecule has 0 aromatic carbocycles. The van der Waals surface area contributed by atoms with Crippen molar-refractivity contribution in [2.24, 2.45) is 0 Å². The number of unbranched alkanes of at least 4 members (excludes halogenated alkanes) is 29. The topological polar surface area (TPSA) is 104 Å². The number of hydrogen-bond donors (Lipinski definition) is 3. The lowest BCUT2D eigenvalue weighted by atomic mass is 10.0. The fourth-order valence-corrected chi connectivity index (χ4v) is 7.27. The number of carbonyl (C=O) groups is 1. The standard InChI is InChI=1S/C39H79NO5S/c1-3-5-7-9-11-13-15-17-19-20-21-23-25-27-29-31-33-35-39(42)40-37(36-46(43,44)45)38(41)34-32-30-28-26-24-22-18-16-14-12-10-8-6-4-2/h37-38,41H,3-36H2,1-2H3,(H,40,42)(H,43,44,45). The lowest BCUT2D eigenvalue weighted by Gasteiger charge is -2.23. The van der Waals surface area contributed by atoms with E-state index in [4.69, 9.17) is 0 Å². The molecule has 6 nitrogen and oxygen atoms in total. The zero-order chi connectivity index (χ0) is 34.0. The number of carbonyl (C=O) groups excluding carboxylic acids is 1. The third-order valence-corrected chi connectivity index (χ3v) is 10.3. The van der Waals surface area contributed by atoms with Crippen molar-refractivity contribution in [1.82, 2.24) is 5.32 Å². The molecular formula is C39H79NO5S. The van der Waals surface area contributed by atoms with Crippen LogP contribution in [-0.2, 0) is 14.9 Å². The molecule has 0 aliphatic rings. The second kappa shape index (κ2) is 34.2. The van der Waals surface area contributed by atoms with Crippen molar-refractivity contribution < 1.29 is 22.9 Å². The summed E-state index contributed by atoms with van der Waals surface area (Å²) in [5.74, 6) is -0.882. The zero-order valence-electron chi connectivity index (χ0n) is 30.7. The van der Waals surface area contributed by atoms with Gasteiger partial charge in [-0.15, -0.1) is 0 Å². The molecule has 0 heterocycles. The summed E-state index contributed by atoms with van der Waals surface area (Å²) in [7, 11) is -4.30. The van der Waals surface area contributed by atoms with Crippen molar-refractivity contribution in [3.05, 3.63) is 0 Å². The van der Waals surface area contributed by atoms with E-state index in [1.54, 1.807) is 0 Å². The second-order valence-corrected chi connectivity index (χ2v) is 15.8. The number of aliphatic hydroxyl groups excluding tert-OH is 1. The van der Waals surface area contributed by atoms with E-state index in [-0.39, 0.29) is 5.91 Å². The van der Waals surface area contributed by atoms with Crippen LogP contribution in [0.25, 0.3) is 0 Å². The van der Waals surface area contributed by atoms with E-state index < -0.39 is 28.0 Å². The minimum Gasteiger partial charge on any atom is -0.391 e. The van der Waals surface area contributed by atoms with E-state index in [1.165, 1.54) is 161 Å². The molecule has 0 aliphatic carbocycles. The van der Waals surface area contributed by atoms with Crippen LogP contribution in [0.2, 0.25) is 0 Å². The van der Waals surface area contributed by atoms with Crippen LogP contribution in [0.4, 0.5) is 0 Å². The fourth-order valence-electron chi connectivity index (χ4n) is 6.51. The maximum atomic E-state index is 12.5. The van der Waals surface area contributed by atoms with Crippen LogP contribution in [0.15, 0.2) is 0 Å². The molecule has 1 amide bonds. The Kier molecular flexibility index (Phi) is 33.7. The van der Waals surface area contributed by atoms with Gasteiger partial charge in [-0.2, -0.15) is 8.42 Å². The summed E-state index contributed by atoms with van der Waals surface area (Å²) in [6.45, 7) is 4.53. The summed E-state index contributed by atoms with van der Waals surface area (Å²) in [5.41, 5.74) is 0. The Morgan fingerprint density at radius 1 is 0.500 bits per heavy atom. The van der Waals surface area contributed by atoms with Gasteiger partial charge in [0.05, 0.1) is 17.9 Å². The van der Waals surface area contributed by atoms with Crippen LogP contribution >= 0.6 is 0 Å². The molecule has 0 saturated carbocycles. The van der Waals surface area contributed by atoms with Gasteiger partial charge in [-0.1, -0.05) is 206 Å². The Balaban J connectivity index is 3.82. The summed E-state index contributed by atoms with van der Waals surface area (Å²) in [4.78, 5) is 12.5. The van der Waals surface area contributed by atoms with Gasteiger partial charge in [0.25, 0.3) is 10.1 Å². The van der Waals surface area contributed by atoms with Gasteiger partial charge in [-0.25, -0.2) is 0 Å². The number of aliphatic hydroxyl groups is 1. The van der Waals surface area contributed by atoms with Crippen LogP contribution in [-0.4, -0.2) is 41.9 Å². The minimum absolute atomic E-state index is 0.241. The van der Waals surface area contributed by atoms with Crippen molar-refractivity contribution >= 4 is 16.0 Å². The average molecular weight is 674 g/mol. The summed E-state index contributed by atoms with van der Waals surface area (Å²) in [6, 6.07) is -0.963. The quantitative estimate of drug-likeness (QED) is 0.0450. The highest BCUT2D eigenvalue weighted by molar-refractivity contribution is 7.85. The number of rotatable bonds is 37. The van der Waals surface area contributed by atoms with E-state index in [1.807, 2.05) is 0 Å². The summed E-state index contributed by atoms with van der Waals surface area (Å²) < 4.78 is 32.5. The van der Waals surface area contributed by atoms with Gasteiger partial charge in [0, 0.05) is 6.42 Å². The first-order valence-electron chi connectivity index (χ1n) is 20.2. The number of nitrogens with one attached hydrogen (secondary N) is 1. The molecule has 0 radical (unpaired) electrons. The van der Waals surface area contributed by atoms with Crippen molar-refractivity contribution in [2.75, 3.05) is 5.75 Å². The lowest BCUT2D eigenvalue weighted by molar-refractivity contribution is -0.122. The molecule has 2 unspecified atom stereocenters. The van der Waals surface area contributed by atoms with Gasteiger partial charge in [0.15, 0.2) is 0 Å². The second-order valence-electron chi connectivity index (χ2n) is 14.3. The van der Waals surface area contributed by atoms with Crippen LogP contribution in [0.1, 0.15) is 226 Å². The molecule has 276 valence electrons. The van der Waals surface area contributed by atoms with E-state index in [2.05, 4.69) is 19.2 Å². The third-order valence-electron chi connectivity index (χ3n) is 9.56. The van der Waals surface area contributed by atoms with Gasteiger partial charge in [0.2, 0.25) is 5.91 Å². The molecule has 0 aromatic heterocycles. The smallest absolute Gasteiger partial charge is 0.266 e. The van der Waals surface area contributed by atoms with Crippen molar-refractivity contribution in [3.63, 3.8) is 0 Å². The molecule has 46 heavy (non-hydrogen) atoms. The molecule has 0 fully saturated rings. The molecule has 7 heteroatoms. The Morgan fingerprint density at radius 3 is 1.09 bits per heavy atom. The first-order valence-corrected chi connectivity index (χ1v) is 21.8. The Hall–Kier alpha value is -0.660. The fraction of sp³-hybridized carbons (Fsp3) is 0.974. The van der Waals surface area contributed by atoms with Gasteiger partial charge >= 0.3 is 0 Å². The van der Waals surface area contributed by atoms with Crippen molar-refractivity contribution in [2.45, 2.75) is 238 Å². The van der Waals surface area contributed by atoms with Gasteiger partial charge in [0.1, 0.15) is 0 Å². The van der Waals surface area contributed by atoms with Crippen molar-refractivity contribution in [1.29, 1.82) is 0 Å². The molecular weight excluding hydrogens is 594 g/mol. The summed E-state index contributed by atoms with van der Waals surface area (Å²) in [6.07, 6.45) is 39.0. The van der Waals surface area contributed by atoms with E-state index in [9.17, 15) is 22.9 Å². The van der Waals surface area contributed by atoms with Gasteiger partial charge < -0.3 is 10.4 Å². The van der Waals surface area contributed by atoms with Crippen LogP contribution in [0, 0.1) is 0 Å². The monoisotopic (exact) mass is 674 g/mol. The molecule has 0 spiro atoms. The van der Waals surface area contributed by atoms with Crippen LogP contribution < -0.4 is 5.32 Å².